The Morgan fingerprint density at radius 1 is 0.242 bits per heavy atom. The number of nitrogens with zero attached hydrogens (tertiary/aromatic N) is 2. The van der Waals surface area contributed by atoms with Crippen molar-refractivity contribution in [1.82, 2.24) is 0 Å². The Morgan fingerprint density at radius 3 is 1.00 bits per heavy atom. The van der Waals surface area contributed by atoms with Crippen LogP contribution in [0.3, 0.4) is 0 Å². The molecule has 0 N–H and O–H groups in total. The summed E-state index contributed by atoms with van der Waals surface area (Å²) in [5, 5.41) is 4.96. The topological polar surface area (TPSA) is 6.48 Å². The Bertz CT molecular complexity index is 3100. The lowest BCUT2D eigenvalue weighted by atomic mass is 9.78. The maximum Gasteiger partial charge on any atom is 0.0497 e. The molecule has 0 amide bonds. The lowest BCUT2D eigenvalue weighted by molar-refractivity contribution is 1.23. The molecular formula is C60H46N2. The highest BCUT2D eigenvalue weighted by molar-refractivity contribution is 6.12. The van der Waals surface area contributed by atoms with Crippen LogP contribution < -0.4 is 9.80 Å². The van der Waals surface area contributed by atoms with Gasteiger partial charge in [-0.1, -0.05) is 133 Å². The molecule has 2 heteroatoms. The van der Waals surface area contributed by atoms with Gasteiger partial charge in [0.15, 0.2) is 0 Å². The molecule has 0 aliphatic heterocycles. The van der Waals surface area contributed by atoms with Crippen molar-refractivity contribution >= 4 is 55.7 Å². The minimum absolute atomic E-state index is 1.15. The molecule has 0 unspecified atom stereocenters. The van der Waals surface area contributed by atoms with E-state index in [-0.39, 0.29) is 0 Å². The number of fused-ring (bicyclic) bond motifs is 6. The predicted molar refractivity (Wildman–Crippen MR) is 265 cm³/mol. The second-order valence-electron chi connectivity index (χ2n) is 16.8. The molecule has 62 heavy (non-hydrogen) atoms. The highest BCUT2D eigenvalue weighted by atomic mass is 15.2. The molecule has 10 aromatic rings. The Hall–Kier alpha value is -7.68. The zero-order valence-corrected chi connectivity index (χ0v) is 35.5. The van der Waals surface area contributed by atoms with Crippen LogP contribution in [0.2, 0.25) is 0 Å². The first-order valence-corrected chi connectivity index (χ1v) is 21.6. The molecule has 0 heterocycles. The van der Waals surface area contributed by atoms with Crippen LogP contribution in [0.4, 0.5) is 34.1 Å². The third-order valence-corrected chi connectivity index (χ3v) is 12.8. The first-order chi connectivity index (χ1) is 30.4. The van der Waals surface area contributed by atoms with Gasteiger partial charge in [-0.15, -0.1) is 0 Å². The Labute approximate surface area is 364 Å². The van der Waals surface area contributed by atoms with Crippen LogP contribution in [0, 0.1) is 27.7 Å². The highest BCUT2D eigenvalue weighted by Gasteiger charge is 2.26. The average Bonchev–Trinajstić information content (AvgIpc) is 3.31. The normalized spacial score (nSPS) is 11.5. The van der Waals surface area contributed by atoms with Crippen molar-refractivity contribution in [2.75, 3.05) is 9.80 Å². The summed E-state index contributed by atoms with van der Waals surface area (Å²) >= 11 is 0. The molecule has 296 valence electrons. The summed E-state index contributed by atoms with van der Waals surface area (Å²) < 4.78 is 0. The molecule has 0 fully saturated rings. The van der Waals surface area contributed by atoms with Crippen LogP contribution in [0.15, 0.2) is 206 Å². The predicted octanol–water partition coefficient (Wildman–Crippen LogP) is 17.1. The molecule has 11 rings (SSSR count). The lowest BCUT2D eigenvalue weighted by Crippen LogP contribution is -2.13. The SMILES string of the molecule is Cc1ccccc1N(c1ccc2cc3c(cc2c1)-c1cc2ccc(N(c4ccccc4C)c4cc(-c5ccccc5)ccc4C)cc2cc1-3)c1cc(-c2ccccc2)ccc1C. The summed E-state index contributed by atoms with van der Waals surface area (Å²) in [6.45, 7) is 8.84. The number of anilines is 6. The van der Waals surface area contributed by atoms with Crippen molar-refractivity contribution in [3.05, 3.63) is 229 Å². The lowest BCUT2D eigenvalue weighted by Gasteiger charge is -2.30. The molecule has 10 aromatic carbocycles. The van der Waals surface area contributed by atoms with E-state index in [2.05, 4.69) is 244 Å². The van der Waals surface area contributed by atoms with Crippen molar-refractivity contribution in [3.8, 4) is 44.5 Å². The van der Waals surface area contributed by atoms with Gasteiger partial charge in [-0.25, -0.2) is 0 Å². The van der Waals surface area contributed by atoms with Crippen LogP contribution in [0.25, 0.3) is 66.1 Å². The second-order valence-corrected chi connectivity index (χ2v) is 16.8. The molecular weight excluding hydrogens is 749 g/mol. The quantitative estimate of drug-likeness (QED) is 0.151. The van der Waals surface area contributed by atoms with E-state index in [4.69, 9.17) is 0 Å². The summed E-state index contributed by atoms with van der Waals surface area (Å²) in [6.07, 6.45) is 0. The molecule has 0 saturated carbocycles. The van der Waals surface area contributed by atoms with E-state index < -0.39 is 0 Å². The number of hydrogen-bond donors (Lipinski definition) is 0. The molecule has 1 aliphatic carbocycles. The van der Waals surface area contributed by atoms with E-state index in [0.29, 0.717) is 0 Å². The van der Waals surface area contributed by atoms with Crippen LogP contribution in [0.1, 0.15) is 22.3 Å². The van der Waals surface area contributed by atoms with Crippen LogP contribution in [0.5, 0.6) is 0 Å². The number of rotatable bonds is 8. The molecule has 2 nitrogen and oxygen atoms in total. The zero-order valence-electron chi connectivity index (χ0n) is 35.5. The molecule has 0 spiro atoms. The first kappa shape index (κ1) is 37.3. The van der Waals surface area contributed by atoms with Crippen molar-refractivity contribution < 1.29 is 0 Å². The van der Waals surface area contributed by atoms with Crippen molar-refractivity contribution in [3.63, 3.8) is 0 Å². The average molecular weight is 795 g/mol. The highest BCUT2D eigenvalue weighted by Crippen LogP contribution is 2.52. The van der Waals surface area contributed by atoms with E-state index in [1.54, 1.807) is 0 Å². The van der Waals surface area contributed by atoms with Gasteiger partial charge < -0.3 is 9.80 Å². The fourth-order valence-electron chi connectivity index (χ4n) is 9.44. The Kier molecular flexibility index (Phi) is 9.09. The van der Waals surface area contributed by atoms with Gasteiger partial charge in [0.05, 0.1) is 0 Å². The van der Waals surface area contributed by atoms with Crippen LogP contribution >= 0.6 is 0 Å². The number of aryl methyl sites for hydroxylation is 4. The minimum atomic E-state index is 1.15. The van der Waals surface area contributed by atoms with E-state index in [1.807, 2.05) is 0 Å². The van der Waals surface area contributed by atoms with Crippen molar-refractivity contribution in [2.45, 2.75) is 27.7 Å². The van der Waals surface area contributed by atoms with Gasteiger partial charge in [-0.2, -0.15) is 0 Å². The summed E-state index contributed by atoms with van der Waals surface area (Å²) in [6, 6.07) is 75.9. The summed E-state index contributed by atoms with van der Waals surface area (Å²) in [5.74, 6) is 0. The Morgan fingerprint density at radius 2 is 0.597 bits per heavy atom. The van der Waals surface area contributed by atoms with Gasteiger partial charge in [0.25, 0.3) is 0 Å². The molecule has 0 bridgehead atoms. The van der Waals surface area contributed by atoms with E-state index in [9.17, 15) is 0 Å². The first-order valence-electron chi connectivity index (χ1n) is 21.6. The van der Waals surface area contributed by atoms with E-state index >= 15 is 0 Å². The van der Waals surface area contributed by atoms with Crippen LogP contribution in [-0.4, -0.2) is 0 Å². The fourth-order valence-corrected chi connectivity index (χ4v) is 9.44. The van der Waals surface area contributed by atoms with Crippen LogP contribution in [-0.2, 0) is 0 Å². The monoisotopic (exact) mass is 794 g/mol. The van der Waals surface area contributed by atoms with Gasteiger partial charge in [-0.05, 0) is 189 Å². The standard InChI is InChI=1S/C60H46N2/c1-39-15-11-13-21-57(39)61(59-37-47(25-23-41(59)3)43-17-7-5-8-18-43)51-29-27-45-33-53-55(35-49(45)31-51)54-34-46-28-30-52(32-50(46)36-56(53)54)62(58-22-14-12-16-40(58)2)60-38-48(26-24-42(60)4)44-19-9-6-10-20-44/h5-38H,1-4H3. The zero-order chi connectivity index (χ0) is 41.9. The number of hydrogen-bond acceptors (Lipinski definition) is 2. The second kappa shape index (κ2) is 15.1. The third kappa shape index (κ3) is 6.44. The van der Waals surface area contributed by atoms with E-state index in [1.165, 1.54) is 111 Å². The number of para-hydroxylation sites is 2. The molecule has 0 aromatic heterocycles. The number of benzene rings is 10. The largest absolute Gasteiger partial charge is 0.310 e. The molecule has 0 radical (unpaired) electrons. The maximum atomic E-state index is 2.44. The molecule has 0 atom stereocenters. The van der Waals surface area contributed by atoms with Crippen molar-refractivity contribution in [1.29, 1.82) is 0 Å². The van der Waals surface area contributed by atoms with Gasteiger partial charge in [0, 0.05) is 34.1 Å². The maximum absolute atomic E-state index is 2.44. The minimum Gasteiger partial charge on any atom is -0.310 e. The summed E-state index contributed by atoms with van der Waals surface area (Å²) in [7, 11) is 0. The van der Waals surface area contributed by atoms with E-state index in [0.717, 1.165) is 11.4 Å². The smallest absolute Gasteiger partial charge is 0.0497 e. The van der Waals surface area contributed by atoms with Gasteiger partial charge in [0.2, 0.25) is 0 Å². The Balaban J connectivity index is 0.992. The summed E-state index contributed by atoms with van der Waals surface area (Å²) in [4.78, 5) is 4.88. The molecule has 1 aliphatic rings. The molecule has 0 saturated heterocycles. The van der Waals surface area contributed by atoms with Gasteiger partial charge in [-0.3, -0.25) is 0 Å². The third-order valence-electron chi connectivity index (χ3n) is 12.8. The fraction of sp³-hybridized carbons (Fsp3) is 0.0667. The summed E-state index contributed by atoms with van der Waals surface area (Å²) in [5.41, 5.74) is 22.0. The van der Waals surface area contributed by atoms with Gasteiger partial charge >= 0.3 is 0 Å². The van der Waals surface area contributed by atoms with Gasteiger partial charge in [0.1, 0.15) is 0 Å². The van der Waals surface area contributed by atoms with Crippen molar-refractivity contribution in [2.24, 2.45) is 0 Å².